The minimum absolute atomic E-state index is 0.00402. The summed E-state index contributed by atoms with van der Waals surface area (Å²) in [5.74, 6) is -0.213. The van der Waals surface area contributed by atoms with Gasteiger partial charge in [-0.25, -0.2) is 19.6 Å². The van der Waals surface area contributed by atoms with Crippen molar-refractivity contribution in [2.24, 2.45) is 0 Å². The largest absolute Gasteiger partial charge is 0.460 e. The fourth-order valence-corrected chi connectivity index (χ4v) is 4.90. The highest BCUT2D eigenvalue weighted by Gasteiger charge is 2.20. The summed E-state index contributed by atoms with van der Waals surface area (Å²) in [6, 6.07) is 14.5. The number of esters is 2. The number of fused-ring (bicyclic) bond motifs is 2. The molecule has 9 nitrogen and oxygen atoms in total. The van der Waals surface area contributed by atoms with Gasteiger partial charge in [0.2, 0.25) is 11.8 Å². The Hall–Kier alpha value is -4.18. The lowest BCUT2D eigenvalue weighted by atomic mass is 10.2. The summed E-state index contributed by atoms with van der Waals surface area (Å²) in [7, 11) is 3.62. The normalized spacial score (nSPS) is 12.7. The Morgan fingerprint density at radius 2 is 1.42 bits per heavy atom. The number of hydrogen-bond acceptors (Lipinski definition) is 9. The first-order valence-corrected chi connectivity index (χ1v) is 14.3. The van der Waals surface area contributed by atoms with Crippen molar-refractivity contribution >= 4 is 62.9 Å². The minimum atomic E-state index is -0.553. The van der Waals surface area contributed by atoms with Crippen molar-refractivity contribution < 1.29 is 27.9 Å². The van der Waals surface area contributed by atoms with E-state index in [1.807, 2.05) is 38.9 Å². The number of likely N-dealkylation sites (N-methyl/N-ethyl adjacent to an activating group) is 1. The van der Waals surface area contributed by atoms with E-state index in [1.165, 1.54) is 0 Å². The van der Waals surface area contributed by atoms with Gasteiger partial charge in [0.25, 0.3) is 0 Å². The van der Waals surface area contributed by atoms with Gasteiger partial charge in [0.15, 0.2) is 11.2 Å². The zero-order chi connectivity index (χ0) is 30.7. The van der Waals surface area contributed by atoms with E-state index in [0.717, 1.165) is 12.0 Å². The van der Waals surface area contributed by atoms with Crippen LogP contribution in [0, 0.1) is 0 Å². The van der Waals surface area contributed by atoms with Crippen LogP contribution in [0.25, 0.3) is 39.2 Å². The molecule has 1 unspecified atom stereocenters. The highest BCUT2D eigenvalue weighted by atomic mass is 35.5. The van der Waals surface area contributed by atoms with E-state index in [-0.39, 0.29) is 24.8 Å². The van der Waals surface area contributed by atoms with Gasteiger partial charge in [0, 0.05) is 21.2 Å². The molecule has 0 N–H and O–H groups in total. The molecule has 5 aromatic rings. The maximum Gasteiger partial charge on any atom is 0.338 e. The number of oxazole rings is 2. The van der Waals surface area contributed by atoms with Gasteiger partial charge in [-0.05, 0) is 82.0 Å². The van der Waals surface area contributed by atoms with E-state index in [4.69, 9.17) is 41.5 Å². The van der Waals surface area contributed by atoms with Gasteiger partial charge in [-0.2, -0.15) is 0 Å². The predicted molar refractivity (Wildman–Crippen MR) is 165 cm³/mol. The van der Waals surface area contributed by atoms with Gasteiger partial charge >= 0.3 is 11.9 Å². The number of aromatic nitrogens is 2. The quantitative estimate of drug-likeness (QED) is 0.145. The zero-order valence-corrected chi connectivity index (χ0v) is 25.5. The molecule has 0 aliphatic carbocycles. The second kappa shape index (κ2) is 13.0. The molecule has 0 bridgehead atoms. The summed E-state index contributed by atoms with van der Waals surface area (Å²) in [6.45, 7) is 3.95. The third kappa shape index (κ3) is 6.91. The van der Waals surface area contributed by atoms with Gasteiger partial charge in [0.05, 0.1) is 17.2 Å². The highest BCUT2D eigenvalue weighted by molar-refractivity contribution is 6.35. The molecule has 0 aliphatic heterocycles. The van der Waals surface area contributed by atoms with E-state index in [1.54, 1.807) is 54.6 Å². The summed E-state index contributed by atoms with van der Waals surface area (Å²) in [5, 5.41) is 0.908. The van der Waals surface area contributed by atoms with E-state index in [2.05, 4.69) is 9.97 Å². The molecule has 0 amide bonds. The molecule has 0 aliphatic rings. The molecule has 3 aromatic carbocycles. The molecule has 5 rings (SSSR count). The number of carbonyl (C=O) groups is 2. The van der Waals surface area contributed by atoms with Crippen LogP contribution in [0.2, 0.25) is 10.0 Å². The van der Waals surface area contributed by atoms with Crippen LogP contribution in [0.1, 0.15) is 46.9 Å². The van der Waals surface area contributed by atoms with Crippen LogP contribution < -0.4 is 0 Å². The van der Waals surface area contributed by atoms with Crippen molar-refractivity contribution in [2.75, 3.05) is 27.3 Å². The van der Waals surface area contributed by atoms with Crippen LogP contribution in [-0.2, 0) is 9.47 Å². The molecule has 43 heavy (non-hydrogen) atoms. The lowest BCUT2D eigenvalue weighted by molar-refractivity contribution is 0.0189. The van der Waals surface area contributed by atoms with Gasteiger partial charge < -0.3 is 23.2 Å². The first-order chi connectivity index (χ1) is 20.6. The van der Waals surface area contributed by atoms with Crippen LogP contribution in [-0.4, -0.2) is 60.2 Å². The Morgan fingerprint density at radius 3 is 1.95 bits per heavy atom. The standard InChI is InChI=1S/C32H29Cl2N3O6/c1-5-18(6-2)29-35-25-9-7-19(13-27(25)42-29)31(38)40-16-24(37(3)4)17-41-32(39)20-8-10-26-28(14-20)43-30(36-26)21-11-22(33)15-23(34)12-21/h5,7-15,24H,6,16-17H2,1-4H3/b18-5+. The number of nitrogens with zero attached hydrogens (tertiary/aromatic N) is 3. The van der Waals surface area contributed by atoms with E-state index < -0.39 is 11.9 Å². The van der Waals surface area contributed by atoms with Gasteiger partial charge in [-0.15, -0.1) is 0 Å². The number of rotatable bonds is 10. The van der Waals surface area contributed by atoms with E-state index in [0.29, 0.717) is 55.2 Å². The number of halogens is 2. The Labute approximate surface area is 258 Å². The summed E-state index contributed by atoms with van der Waals surface area (Å²) in [4.78, 5) is 36.5. The predicted octanol–water partition coefficient (Wildman–Crippen LogP) is 7.70. The first kappa shape index (κ1) is 30.3. The maximum atomic E-state index is 12.9. The Kier molecular flexibility index (Phi) is 9.15. The van der Waals surface area contributed by atoms with Crippen LogP contribution in [0.5, 0.6) is 0 Å². The lowest BCUT2D eigenvalue weighted by Crippen LogP contribution is -2.38. The van der Waals surface area contributed by atoms with Crippen LogP contribution in [0.3, 0.4) is 0 Å². The Balaban J connectivity index is 1.21. The van der Waals surface area contributed by atoms with E-state index in [9.17, 15) is 9.59 Å². The molecular weight excluding hydrogens is 593 g/mol. The summed E-state index contributed by atoms with van der Waals surface area (Å²) < 4.78 is 22.9. The molecule has 0 saturated carbocycles. The monoisotopic (exact) mass is 621 g/mol. The molecule has 222 valence electrons. The lowest BCUT2D eigenvalue weighted by Gasteiger charge is -2.23. The molecule has 2 heterocycles. The van der Waals surface area contributed by atoms with Crippen LogP contribution >= 0.6 is 23.2 Å². The molecule has 0 spiro atoms. The van der Waals surface area contributed by atoms with Crippen molar-refractivity contribution in [1.29, 1.82) is 0 Å². The third-order valence-electron chi connectivity index (χ3n) is 6.91. The zero-order valence-electron chi connectivity index (χ0n) is 24.0. The third-order valence-corrected chi connectivity index (χ3v) is 7.34. The Morgan fingerprint density at radius 1 is 0.860 bits per heavy atom. The summed E-state index contributed by atoms with van der Waals surface area (Å²) in [5.41, 5.74) is 4.36. The Bertz CT molecular complexity index is 1820. The maximum absolute atomic E-state index is 12.9. The SMILES string of the molecule is C/C=C(\CC)c1nc2ccc(C(=O)OCC(COC(=O)c3ccc4nc(-c5cc(Cl)cc(Cl)c5)oc4c3)N(C)C)cc2o1. The van der Waals surface area contributed by atoms with Crippen molar-refractivity contribution in [2.45, 2.75) is 26.3 Å². The second-order valence-corrected chi connectivity index (χ2v) is 10.9. The van der Waals surface area contributed by atoms with Crippen LogP contribution in [0.15, 0.2) is 69.5 Å². The molecule has 1 atom stereocenters. The fourth-order valence-electron chi connectivity index (χ4n) is 4.38. The van der Waals surface area contributed by atoms with Crippen molar-refractivity contribution in [3.63, 3.8) is 0 Å². The second-order valence-electron chi connectivity index (χ2n) is 10.0. The van der Waals surface area contributed by atoms with Gasteiger partial charge in [0.1, 0.15) is 24.2 Å². The summed E-state index contributed by atoms with van der Waals surface area (Å²) >= 11 is 12.2. The first-order valence-electron chi connectivity index (χ1n) is 13.6. The van der Waals surface area contributed by atoms with Crippen molar-refractivity contribution in [3.8, 4) is 11.5 Å². The average molecular weight is 623 g/mol. The van der Waals surface area contributed by atoms with Crippen molar-refractivity contribution in [3.05, 3.63) is 87.7 Å². The topological polar surface area (TPSA) is 108 Å². The van der Waals surface area contributed by atoms with Crippen molar-refractivity contribution in [1.82, 2.24) is 14.9 Å². The summed E-state index contributed by atoms with van der Waals surface area (Å²) in [6.07, 6.45) is 2.74. The molecule has 11 heteroatoms. The van der Waals surface area contributed by atoms with Gasteiger partial charge in [-0.3, -0.25) is 0 Å². The number of carbonyl (C=O) groups excluding carboxylic acids is 2. The minimum Gasteiger partial charge on any atom is -0.460 e. The van der Waals surface area contributed by atoms with Crippen LogP contribution in [0.4, 0.5) is 0 Å². The van der Waals surface area contributed by atoms with E-state index >= 15 is 0 Å². The molecule has 2 aromatic heterocycles. The highest BCUT2D eigenvalue weighted by Crippen LogP contribution is 2.30. The van der Waals surface area contributed by atoms with Gasteiger partial charge in [-0.1, -0.05) is 36.2 Å². The number of allylic oxidation sites excluding steroid dienone is 2. The number of benzene rings is 3. The molecule has 0 saturated heterocycles. The number of ether oxygens (including phenoxy) is 2. The molecular formula is C32H29Cl2N3O6. The molecule has 0 fully saturated rings. The smallest absolute Gasteiger partial charge is 0.338 e. The average Bonchev–Trinajstić information content (AvgIpc) is 3.60. The molecule has 0 radical (unpaired) electrons. The fraction of sp³-hybridized carbons (Fsp3) is 0.250. The number of hydrogen-bond donors (Lipinski definition) is 0.